The molecule has 0 aromatic heterocycles. The van der Waals surface area contributed by atoms with E-state index in [1.807, 2.05) is 71.0 Å². The minimum Gasteiger partial charge on any atom is -0.350 e. The molecule has 2 rings (SSSR count). The summed E-state index contributed by atoms with van der Waals surface area (Å²) >= 11 is 1.60. The summed E-state index contributed by atoms with van der Waals surface area (Å²) < 4.78 is 0. The van der Waals surface area contributed by atoms with E-state index in [9.17, 15) is 9.59 Å². The molecular formula is C26H36N2O2S. The van der Waals surface area contributed by atoms with Gasteiger partial charge in [-0.3, -0.25) is 9.59 Å². The number of carbonyl (C=O) groups excluding carboxylic acids is 2. The molecule has 0 aliphatic carbocycles. The Morgan fingerprint density at radius 1 is 0.968 bits per heavy atom. The monoisotopic (exact) mass is 440 g/mol. The molecule has 0 aliphatic heterocycles. The number of carbonyl (C=O) groups is 2. The number of aryl methyl sites for hydroxylation is 2. The molecule has 4 nitrogen and oxygen atoms in total. The Hall–Kier alpha value is -2.27. The first-order valence-corrected chi connectivity index (χ1v) is 12.1. The molecule has 1 atom stereocenters. The van der Waals surface area contributed by atoms with Gasteiger partial charge in [-0.15, -0.1) is 11.8 Å². The molecule has 0 aliphatic rings. The van der Waals surface area contributed by atoms with Crippen LogP contribution >= 0.6 is 11.8 Å². The Labute approximate surface area is 191 Å². The average molecular weight is 441 g/mol. The maximum Gasteiger partial charge on any atom is 0.243 e. The van der Waals surface area contributed by atoms with Crippen LogP contribution in [0.25, 0.3) is 0 Å². The van der Waals surface area contributed by atoms with Crippen molar-refractivity contribution < 1.29 is 9.59 Å². The lowest BCUT2D eigenvalue weighted by Gasteiger charge is -2.33. The summed E-state index contributed by atoms with van der Waals surface area (Å²) in [6, 6.07) is 15.8. The first-order chi connectivity index (χ1) is 14.6. The third kappa shape index (κ3) is 7.73. The van der Waals surface area contributed by atoms with Gasteiger partial charge in [0.05, 0.1) is 5.75 Å². The van der Waals surface area contributed by atoms with Crippen molar-refractivity contribution in [2.24, 2.45) is 0 Å². The molecule has 0 spiro atoms. The fourth-order valence-electron chi connectivity index (χ4n) is 3.45. The maximum atomic E-state index is 13.3. The molecule has 0 unspecified atom stereocenters. The van der Waals surface area contributed by atoms with Crippen molar-refractivity contribution in [3.05, 3.63) is 70.8 Å². The Morgan fingerprint density at radius 2 is 1.52 bits per heavy atom. The lowest BCUT2D eigenvalue weighted by atomic mass is 10.0. The van der Waals surface area contributed by atoms with E-state index in [-0.39, 0.29) is 17.4 Å². The average Bonchev–Trinajstić information content (AvgIpc) is 2.69. The van der Waals surface area contributed by atoms with Gasteiger partial charge in [-0.05, 0) is 63.3 Å². The van der Waals surface area contributed by atoms with Crippen molar-refractivity contribution in [3.63, 3.8) is 0 Å². The molecule has 0 radical (unpaired) electrons. The van der Waals surface area contributed by atoms with Crippen molar-refractivity contribution in [1.82, 2.24) is 10.2 Å². The van der Waals surface area contributed by atoms with Crippen LogP contribution in [-0.2, 0) is 21.9 Å². The topological polar surface area (TPSA) is 49.4 Å². The first kappa shape index (κ1) is 25.0. The Balaban J connectivity index is 2.19. The maximum absolute atomic E-state index is 13.3. The third-order valence-electron chi connectivity index (χ3n) is 5.23. The Bertz CT molecular complexity index is 889. The standard InChI is InChI=1S/C26H36N2O2S/c1-7-23(25(30)27-26(4,5)6)28(16-21-14-10-8-12-19(21)2)24(29)18-31-17-22-15-11-9-13-20(22)3/h8-15,23H,7,16-18H2,1-6H3,(H,27,30)/t23-/m0/s1. The van der Waals surface area contributed by atoms with Crippen molar-refractivity contribution in [3.8, 4) is 0 Å². The number of hydrogen-bond donors (Lipinski definition) is 1. The van der Waals surface area contributed by atoms with Gasteiger partial charge in [-0.25, -0.2) is 0 Å². The van der Waals surface area contributed by atoms with Crippen molar-refractivity contribution in [2.75, 3.05) is 5.75 Å². The smallest absolute Gasteiger partial charge is 0.243 e. The molecule has 0 fully saturated rings. The lowest BCUT2D eigenvalue weighted by molar-refractivity contribution is -0.140. The largest absolute Gasteiger partial charge is 0.350 e. The van der Waals surface area contributed by atoms with E-state index in [1.54, 1.807) is 16.7 Å². The Morgan fingerprint density at radius 3 is 2.03 bits per heavy atom. The third-order valence-corrected chi connectivity index (χ3v) is 6.20. The summed E-state index contributed by atoms with van der Waals surface area (Å²) in [7, 11) is 0. The summed E-state index contributed by atoms with van der Waals surface area (Å²) in [6.07, 6.45) is 0.571. The number of nitrogens with one attached hydrogen (secondary N) is 1. The van der Waals surface area contributed by atoms with Crippen LogP contribution in [0, 0.1) is 13.8 Å². The molecule has 0 saturated carbocycles. The van der Waals surface area contributed by atoms with Crippen LogP contribution in [0.2, 0.25) is 0 Å². The van der Waals surface area contributed by atoms with Crippen LogP contribution in [0.4, 0.5) is 0 Å². The summed E-state index contributed by atoms with van der Waals surface area (Å²) in [5, 5.41) is 3.06. The predicted octanol–water partition coefficient (Wildman–Crippen LogP) is 5.26. The minimum atomic E-state index is -0.495. The quantitative estimate of drug-likeness (QED) is 0.579. The zero-order valence-corrected chi connectivity index (χ0v) is 20.5. The summed E-state index contributed by atoms with van der Waals surface area (Å²) in [5.74, 6) is 1.03. The van der Waals surface area contributed by atoms with Crippen molar-refractivity contribution in [1.29, 1.82) is 0 Å². The molecule has 1 N–H and O–H groups in total. The van der Waals surface area contributed by atoms with E-state index in [4.69, 9.17) is 0 Å². The van der Waals surface area contributed by atoms with E-state index in [1.165, 1.54) is 11.1 Å². The second-order valence-corrected chi connectivity index (χ2v) is 10.0. The molecule has 31 heavy (non-hydrogen) atoms. The van der Waals surface area contributed by atoms with Crippen LogP contribution in [0.3, 0.4) is 0 Å². The molecule has 0 saturated heterocycles. The first-order valence-electron chi connectivity index (χ1n) is 10.9. The number of thioether (sulfide) groups is 1. The zero-order chi connectivity index (χ0) is 23.0. The number of hydrogen-bond acceptors (Lipinski definition) is 3. The van der Waals surface area contributed by atoms with Crippen LogP contribution in [0.15, 0.2) is 48.5 Å². The lowest BCUT2D eigenvalue weighted by Crippen LogP contribution is -2.53. The predicted molar refractivity (Wildman–Crippen MR) is 131 cm³/mol. The second kappa shape index (κ2) is 11.4. The van der Waals surface area contributed by atoms with Gasteiger partial charge in [0, 0.05) is 17.8 Å². The van der Waals surface area contributed by atoms with Gasteiger partial charge in [0.15, 0.2) is 0 Å². The van der Waals surface area contributed by atoms with E-state index in [2.05, 4.69) is 24.4 Å². The SMILES string of the molecule is CC[C@@H](C(=O)NC(C)(C)C)N(Cc1ccccc1C)C(=O)CSCc1ccccc1C. The van der Waals surface area contributed by atoms with Crippen LogP contribution in [0.1, 0.15) is 56.4 Å². The Kier molecular flexibility index (Phi) is 9.17. The number of benzene rings is 2. The molecule has 0 heterocycles. The van der Waals surface area contributed by atoms with Gasteiger partial charge in [-0.2, -0.15) is 0 Å². The number of nitrogens with zero attached hydrogens (tertiary/aromatic N) is 1. The summed E-state index contributed by atoms with van der Waals surface area (Å²) in [6.45, 7) is 12.4. The second-order valence-electron chi connectivity index (χ2n) is 9.03. The molecular weight excluding hydrogens is 404 g/mol. The van der Waals surface area contributed by atoms with Gasteiger partial charge < -0.3 is 10.2 Å². The van der Waals surface area contributed by atoms with Gasteiger partial charge >= 0.3 is 0 Å². The van der Waals surface area contributed by atoms with Gasteiger partial charge in [0.1, 0.15) is 6.04 Å². The highest BCUT2D eigenvalue weighted by Gasteiger charge is 2.30. The van der Waals surface area contributed by atoms with Gasteiger partial charge in [0.2, 0.25) is 11.8 Å². The van der Waals surface area contributed by atoms with E-state index >= 15 is 0 Å². The van der Waals surface area contributed by atoms with Crippen molar-refractivity contribution >= 4 is 23.6 Å². The summed E-state index contributed by atoms with van der Waals surface area (Å²) in [5.41, 5.74) is 4.32. The highest BCUT2D eigenvalue weighted by Crippen LogP contribution is 2.20. The van der Waals surface area contributed by atoms with Crippen LogP contribution in [-0.4, -0.2) is 34.0 Å². The number of amides is 2. The fourth-order valence-corrected chi connectivity index (χ4v) is 4.43. The minimum absolute atomic E-state index is 0.00209. The van der Waals surface area contributed by atoms with E-state index in [0.29, 0.717) is 18.7 Å². The molecule has 168 valence electrons. The highest BCUT2D eigenvalue weighted by atomic mass is 32.2. The number of rotatable bonds is 9. The van der Waals surface area contributed by atoms with E-state index in [0.717, 1.165) is 16.9 Å². The highest BCUT2D eigenvalue weighted by molar-refractivity contribution is 7.99. The normalized spacial score (nSPS) is 12.3. The fraction of sp³-hybridized carbons (Fsp3) is 0.462. The zero-order valence-electron chi connectivity index (χ0n) is 19.7. The molecule has 0 bridgehead atoms. The van der Waals surface area contributed by atoms with Gasteiger partial charge in [0.25, 0.3) is 0 Å². The molecule has 2 amide bonds. The van der Waals surface area contributed by atoms with E-state index < -0.39 is 6.04 Å². The molecule has 5 heteroatoms. The summed E-state index contributed by atoms with van der Waals surface area (Å²) in [4.78, 5) is 28.1. The van der Waals surface area contributed by atoms with Crippen molar-refractivity contribution in [2.45, 2.75) is 71.8 Å². The van der Waals surface area contributed by atoms with Crippen LogP contribution in [0.5, 0.6) is 0 Å². The van der Waals surface area contributed by atoms with Crippen LogP contribution < -0.4 is 5.32 Å². The van der Waals surface area contributed by atoms with Gasteiger partial charge in [-0.1, -0.05) is 55.5 Å². The molecule has 2 aromatic rings. The molecule has 2 aromatic carbocycles.